The molecule has 51 heavy (non-hydrogen) atoms. The number of aromatic nitrogens is 1. The van der Waals surface area contributed by atoms with E-state index in [0.717, 1.165) is 39.4 Å². The number of halogens is 1. The zero-order chi connectivity index (χ0) is 35.7. The zero-order valence-electron chi connectivity index (χ0n) is 29.1. The summed E-state index contributed by atoms with van der Waals surface area (Å²) < 4.78 is 33.2. The fourth-order valence-corrected chi connectivity index (χ4v) is 8.39. The van der Waals surface area contributed by atoms with Crippen LogP contribution in [0.15, 0.2) is 85.1 Å². The number of amides is 2. The number of H-pyrrole nitrogens is 1. The Hall–Kier alpha value is -4.23. The molecule has 4 aromatic rings. The smallest absolute Gasteiger partial charge is 0.321 e. The third-order valence-electron chi connectivity index (χ3n) is 10.1. The molecule has 11 nitrogen and oxygen atoms in total. The predicted octanol–water partition coefficient (Wildman–Crippen LogP) is 4.36. The Morgan fingerprint density at radius 1 is 1.02 bits per heavy atom. The van der Waals surface area contributed by atoms with Gasteiger partial charge in [-0.05, 0) is 61.4 Å². The molecule has 2 heterocycles. The summed E-state index contributed by atoms with van der Waals surface area (Å²) in [5, 5.41) is 3.91. The predicted molar refractivity (Wildman–Crippen MR) is 199 cm³/mol. The lowest BCUT2D eigenvalue weighted by Gasteiger charge is -2.42. The van der Waals surface area contributed by atoms with Gasteiger partial charge in [0.25, 0.3) is 0 Å². The lowest BCUT2D eigenvalue weighted by Crippen LogP contribution is -2.58. The van der Waals surface area contributed by atoms with Crippen molar-refractivity contribution in [3.8, 4) is 0 Å². The number of hydrogen-bond acceptors (Lipinski definition) is 7. The Kier molecular flexibility index (Phi) is 11.3. The first-order valence-electron chi connectivity index (χ1n) is 16.9. The molecule has 13 heteroatoms. The number of nitrogens with two attached hydrogens (primary N) is 1. The highest BCUT2D eigenvalue weighted by atomic mass is 35.5. The van der Waals surface area contributed by atoms with Crippen LogP contribution in [0, 0.1) is 0 Å². The first kappa shape index (κ1) is 38.0. The molecule has 2 aliphatic rings. The van der Waals surface area contributed by atoms with E-state index < -0.39 is 51.5 Å². The molecule has 1 unspecified atom stereocenters. The second-order valence-corrected chi connectivity index (χ2v) is 16.1. The number of likely N-dealkylation sites (tertiary alicyclic amines) is 1. The summed E-state index contributed by atoms with van der Waals surface area (Å²) in [4.78, 5) is 45.3. The highest BCUT2D eigenvalue weighted by molar-refractivity contribution is 7.88. The van der Waals surface area contributed by atoms with E-state index in [9.17, 15) is 22.8 Å². The van der Waals surface area contributed by atoms with Crippen molar-refractivity contribution >= 4 is 51.1 Å². The van der Waals surface area contributed by atoms with Crippen LogP contribution in [0.4, 0.5) is 0 Å². The highest BCUT2D eigenvalue weighted by Crippen LogP contribution is 2.53. The summed E-state index contributed by atoms with van der Waals surface area (Å²) in [6.07, 6.45) is 4.95. The van der Waals surface area contributed by atoms with E-state index in [1.54, 1.807) is 18.7 Å². The SMILES string of the molecule is CC(C)(N)C(=O)NC(Cc1c[nH]c2ccccc12)C(=O)N1CCC2(CC1)C[C@@H](N(CC(=O)OCc1ccccc1)S(C)(=O)=O)c1ccccc12.Cl. The molecule has 1 aliphatic carbocycles. The zero-order valence-corrected chi connectivity index (χ0v) is 30.8. The normalized spacial score (nSPS) is 17.5. The standard InChI is InChI=1S/C38H45N5O6S.ClH/c1-37(2,39)36(46)41-32(21-27-23-40-31-16-10-8-13-28(27)31)35(45)42-19-17-38(18-20-42)22-33(29-14-7-9-15-30(29)38)43(50(3,47)48)24-34(44)49-25-26-11-5-4-6-12-26;/h4-16,23,32-33,40H,17-22,24-25,39H2,1-3H3,(H,41,46);1H/t32?,33-;/m1./s1. The maximum Gasteiger partial charge on any atom is 0.321 e. The Bertz CT molecular complexity index is 1990. The average molecular weight is 736 g/mol. The number of aromatic amines is 1. The Morgan fingerprint density at radius 2 is 1.67 bits per heavy atom. The molecule has 2 atom stereocenters. The van der Waals surface area contributed by atoms with Crippen molar-refractivity contribution in [1.29, 1.82) is 0 Å². The van der Waals surface area contributed by atoms with Crippen LogP contribution in [0.25, 0.3) is 10.9 Å². The minimum Gasteiger partial charge on any atom is -0.460 e. The molecule has 2 amide bonds. The molecular formula is C38H46ClN5O6S. The largest absolute Gasteiger partial charge is 0.460 e. The van der Waals surface area contributed by atoms with E-state index in [2.05, 4.69) is 10.3 Å². The molecule has 1 saturated heterocycles. The van der Waals surface area contributed by atoms with Gasteiger partial charge >= 0.3 is 5.97 Å². The summed E-state index contributed by atoms with van der Waals surface area (Å²) in [5.74, 6) is -1.23. The van der Waals surface area contributed by atoms with Gasteiger partial charge in [-0.15, -0.1) is 12.4 Å². The summed E-state index contributed by atoms with van der Waals surface area (Å²) >= 11 is 0. The second-order valence-electron chi connectivity index (χ2n) is 14.2. The van der Waals surface area contributed by atoms with Gasteiger partial charge in [-0.2, -0.15) is 4.31 Å². The van der Waals surface area contributed by atoms with Crippen molar-refractivity contribution in [2.24, 2.45) is 5.73 Å². The number of ether oxygens (including phenoxy) is 1. The number of nitrogens with one attached hydrogen (secondary N) is 2. The van der Waals surface area contributed by atoms with E-state index in [1.165, 1.54) is 4.31 Å². The first-order chi connectivity index (χ1) is 23.7. The molecule has 3 aromatic carbocycles. The number of esters is 1. The fourth-order valence-electron chi connectivity index (χ4n) is 7.40. The van der Waals surface area contributed by atoms with Gasteiger partial charge in [0.2, 0.25) is 21.8 Å². The molecule has 0 radical (unpaired) electrons. The maximum atomic E-state index is 14.2. The van der Waals surface area contributed by atoms with Gasteiger partial charge in [0.05, 0.1) is 17.8 Å². The molecule has 0 bridgehead atoms. The monoisotopic (exact) mass is 735 g/mol. The lowest BCUT2D eigenvalue weighted by molar-refractivity contribution is -0.145. The van der Waals surface area contributed by atoms with E-state index in [0.29, 0.717) is 38.8 Å². The third-order valence-corrected chi connectivity index (χ3v) is 11.3. The molecular weight excluding hydrogens is 690 g/mol. The molecule has 272 valence electrons. The maximum absolute atomic E-state index is 14.2. The van der Waals surface area contributed by atoms with Gasteiger partial charge in [-0.1, -0.05) is 72.8 Å². The van der Waals surface area contributed by atoms with Crippen molar-refractivity contribution in [3.05, 3.63) is 107 Å². The third kappa shape index (κ3) is 8.30. The van der Waals surface area contributed by atoms with Crippen molar-refractivity contribution in [3.63, 3.8) is 0 Å². The minimum absolute atomic E-state index is 0. The van der Waals surface area contributed by atoms with Gasteiger partial charge in [-0.3, -0.25) is 14.4 Å². The number of benzene rings is 3. The molecule has 1 aliphatic heterocycles. The van der Waals surface area contributed by atoms with E-state index in [-0.39, 0.29) is 24.9 Å². The van der Waals surface area contributed by atoms with Gasteiger partial charge in [0.15, 0.2) is 0 Å². The van der Waals surface area contributed by atoms with Crippen LogP contribution >= 0.6 is 12.4 Å². The second kappa shape index (κ2) is 15.2. The lowest BCUT2D eigenvalue weighted by atomic mass is 9.73. The van der Waals surface area contributed by atoms with E-state index in [4.69, 9.17) is 10.5 Å². The van der Waals surface area contributed by atoms with Crippen molar-refractivity contribution in [1.82, 2.24) is 19.5 Å². The number of piperidine rings is 1. The van der Waals surface area contributed by atoms with E-state index in [1.807, 2.05) is 85.1 Å². The van der Waals surface area contributed by atoms with Crippen LogP contribution in [0.1, 0.15) is 61.4 Å². The van der Waals surface area contributed by atoms with Crippen LogP contribution in [0.5, 0.6) is 0 Å². The van der Waals surface area contributed by atoms with Gasteiger partial charge in [-0.25, -0.2) is 8.42 Å². The van der Waals surface area contributed by atoms with Crippen LogP contribution in [-0.4, -0.2) is 77.9 Å². The van der Waals surface area contributed by atoms with Crippen molar-refractivity contribution in [2.75, 3.05) is 25.9 Å². The van der Waals surface area contributed by atoms with Crippen molar-refractivity contribution < 1.29 is 27.5 Å². The molecule has 6 rings (SSSR count). The number of sulfonamides is 1. The molecule has 4 N–H and O–H groups in total. The number of para-hydroxylation sites is 1. The van der Waals surface area contributed by atoms with E-state index >= 15 is 0 Å². The first-order valence-corrected chi connectivity index (χ1v) is 18.8. The topological polar surface area (TPSA) is 155 Å². The van der Waals surface area contributed by atoms with Crippen LogP contribution in [0.2, 0.25) is 0 Å². The summed E-state index contributed by atoms with van der Waals surface area (Å²) in [6, 6.07) is 23.5. The number of rotatable bonds is 11. The van der Waals surface area contributed by atoms with Crippen molar-refractivity contribution in [2.45, 2.75) is 69.2 Å². The average Bonchev–Trinajstić information content (AvgIpc) is 3.64. The molecule has 1 fully saturated rings. The number of carbonyl (C=O) groups excluding carboxylic acids is 3. The Labute approximate surface area is 305 Å². The van der Waals surface area contributed by atoms with Gasteiger partial charge < -0.3 is 25.7 Å². The number of carbonyl (C=O) groups is 3. The highest BCUT2D eigenvalue weighted by Gasteiger charge is 2.49. The van der Waals surface area contributed by atoms with Crippen LogP contribution in [0.3, 0.4) is 0 Å². The quantitative estimate of drug-likeness (QED) is 0.193. The summed E-state index contributed by atoms with van der Waals surface area (Å²) in [6.45, 7) is 3.71. The molecule has 0 saturated carbocycles. The Morgan fingerprint density at radius 3 is 2.35 bits per heavy atom. The Balaban J connectivity index is 0.00000504. The molecule has 1 spiro atoms. The van der Waals surface area contributed by atoms with Gasteiger partial charge in [0, 0.05) is 42.0 Å². The summed E-state index contributed by atoms with van der Waals surface area (Å²) in [7, 11) is -3.81. The number of nitrogens with zero attached hydrogens (tertiary/aromatic N) is 2. The fraction of sp³-hybridized carbons (Fsp3) is 0.395. The minimum atomic E-state index is -3.81. The number of fused-ring (bicyclic) bond motifs is 3. The van der Waals surface area contributed by atoms with Crippen LogP contribution in [-0.2, 0) is 47.6 Å². The molecule has 1 aromatic heterocycles. The van der Waals surface area contributed by atoms with Gasteiger partial charge in [0.1, 0.15) is 19.2 Å². The summed E-state index contributed by atoms with van der Waals surface area (Å²) in [5.41, 5.74) is 9.12. The number of hydrogen-bond donors (Lipinski definition) is 3. The van der Waals surface area contributed by atoms with Crippen LogP contribution < -0.4 is 11.1 Å².